The minimum atomic E-state index is -1.15. The largest absolute Gasteiger partial charge is 0.298 e. The summed E-state index contributed by atoms with van der Waals surface area (Å²) in [6, 6.07) is 7.04. The predicted molar refractivity (Wildman–Crippen MR) is 103 cm³/mol. The summed E-state index contributed by atoms with van der Waals surface area (Å²) in [6.45, 7) is 0.514. The molecule has 10 heteroatoms. The van der Waals surface area contributed by atoms with E-state index >= 15 is 0 Å². The Labute approximate surface area is 188 Å². The van der Waals surface area contributed by atoms with Gasteiger partial charge in [0, 0.05) is 6.42 Å². The maximum atomic E-state index is 12.1. The van der Waals surface area contributed by atoms with E-state index < -0.39 is 36.6 Å². The number of ether oxygens (including phenoxy) is 2. The molecule has 1 rings (SSSR count). The number of esters is 1. The van der Waals surface area contributed by atoms with Crippen LogP contribution in [0.2, 0.25) is 0 Å². The third kappa shape index (κ3) is 10.2. The number of hydrogen-bond acceptors (Lipinski definition) is 8. The molecule has 160 valence electrons. The zero-order chi connectivity index (χ0) is 21.8. The first-order valence-electron chi connectivity index (χ1n) is 8.77. The van der Waals surface area contributed by atoms with E-state index in [1.54, 1.807) is 24.7 Å². The molecule has 0 spiro atoms. The molecule has 0 saturated heterocycles. The van der Waals surface area contributed by atoms with E-state index in [-0.39, 0.29) is 24.4 Å². The Balaban J connectivity index is 2.59. The number of benzene rings is 1. The molecule has 2 N–H and O–H groups in total. The molecule has 0 aliphatic rings. The minimum Gasteiger partial charge on any atom is -0.298 e. The van der Waals surface area contributed by atoms with Crippen molar-refractivity contribution in [2.75, 3.05) is 19.5 Å². The van der Waals surface area contributed by atoms with Gasteiger partial charge in [-0.05, 0) is 13.3 Å². The van der Waals surface area contributed by atoms with Crippen molar-refractivity contribution in [1.29, 1.82) is 0 Å². The third-order valence-electron chi connectivity index (χ3n) is 3.86. The summed E-state index contributed by atoms with van der Waals surface area (Å²) >= 11 is 2.97. The van der Waals surface area contributed by atoms with Gasteiger partial charge in [0.25, 0.3) is 0 Å². The van der Waals surface area contributed by atoms with E-state index in [0.29, 0.717) is 5.75 Å². The van der Waals surface area contributed by atoms with E-state index in [2.05, 4.69) is 10.1 Å². The van der Waals surface area contributed by atoms with Crippen molar-refractivity contribution in [2.24, 2.45) is 0 Å². The molecular formula is C19H24AtNO7S. The van der Waals surface area contributed by atoms with Crippen LogP contribution in [0.4, 0.5) is 4.79 Å². The number of Topliss-reactive ketones (excluding diaryl/α,β-unsaturated/α-hetero) is 2. The zero-order valence-electron chi connectivity index (χ0n) is 16.2. The maximum Gasteiger partial charge on any atom is 0.152 e. The quantitative estimate of drug-likeness (QED) is 0.327. The minimum absolute atomic E-state index is 0.0482. The number of carbonyl (C=O) groups excluding carboxylic acids is 4. The number of nitrogens with one attached hydrogen (secondary N) is 1. The van der Waals surface area contributed by atoms with Crippen LogP contribution < -0.4 is 8.59 Å². The van der Waals surface area contributed by atoms with Gasteiger partial charge in [0.1, 0.15) is 0 Å². The molecule has 0 fully saturated rings. The topological polar surface area (TPSA) is 119 Å². The first-order chi connectivity index (χ1) is 13.8. The number of alkyl carbamates (subject to hydrolysis) is 1. The summed E-state index contributed by atoms with van der Waals surface area (Å²) in [5.74, 6) is -0.717. The van der Waals surface area contributed by atoms with Crippen LogP contribution in [0.5, 0.6) is 0 Å². The number of thioether (sulfide) groups is 1. The fourth-order valence-electron chi connectivity index (χ4n) is 2.21. The SMILES string of the molecule is COC(=O)CC[C@H](NC(=O)O[C@@H](CSCc1ccc([211At])cc1)C(=O)CO)C(C)=O. The molecule has 1 aromatic carbocycles. The molecule has 0 aromatic heterocycles. The second kappa shape index (κ2) is 13.7. The van der Waals surface area contributed by atoms with Gasteiger partial charge in [0.05, 0.1) is 7.11 Å². The third-order valence-corrected chi connectivity index (χ3v) is 5.92. The van der Waals surface area contributed by atoms with Gasteiger partial charge >= 0.3 is 142 Å². The number of methoxy groups -OCH3 is 1. The van der Waals surface area contributed by atoms with E-state index in [1.807, 2.05) is 24.3 Å². The maximum absolute atomic E-state index is 12.1. The van der Waals surface area contributed by atoms with Crippen LogP contribution in [0.25, 0.3) is 0 Å². The number of rotatable bonds is 12. The molecule has 0 saturated carbocycles. The van der Waals surface area contributed by atoms with Gasteiger partial charge in [-0.3, -0.25) is 9.59 Å². The van der Waals surface area contributed by atoms with Crippen LogP contribution in [0.15, 0.2) is 24.3 Å². The van der Waals surface area contributed by atoms with E-state index in [1.165, 1.54) is 29.1 Å². The molecule has 0 aliphatic heterocycles. The van der Waals surface area contributed by atoms with Crippen LogP contribution >= 0.6 is 11.8 Å². The van der Waals surface area contributed by atoms with Crippen molar-refractivity contribution in [1.82, 2.24) is 5.32 Å². The molecule has 0 radical (unpaired) electrons. The molecule has 29 heavy (non-hydrogen) atoms. The molecule has 0 aliphatic carbocycles. The number of amides is 1. The van der Waals surface area contributed by atoms with Gasteiger partial charge in [0.15, 0.2) is 5.78 Å². The summed E-state index contributed by atoms with van der Waals surface area (Å²) in [5.41, 5.74) is 1.06. The molecule has 0 heterocycles. The smallest absolute Gasteiger partial charge is 0.152 e. The molecular weight excluding hydrogens is 597 g/mol. The van der Waals surface area contributed by atoms with E-state index in [4.69, 9.17) is 9.84 Å². The molecule has 1 amide bonds. The van der Waals surface area contributed by atoms with Crippen LogP contribution in [0, 0.1) is 24.7 Å². The second-order valence-electron chi connectivity index (χ2n) is 6.08. The number of hydrogen-bond donors (Lipinski definition) is 2. The molecule has 8 nitrogen and oxygen atoms in total. The van der Waals surface area contributed by atoms with Gasteiger partial charge in [-0.1, -0.05) is 0 Å². The number of ketones is 2. The Morgan fingerprint density at radius 3 is 2.41 bits per heavy atom. The van der Waals surface area contributed by atoms with Gasteiger partial charge < -0.3 is 4.74 Å². The Hall–Kier alpha value is -1.51. The van der Waals surface area contributed by atoms with Gasteiger partial charge in [-0.2, -0.15) is 0 Å². The van der Waals surface area contributed by atoms with E-state index in [0.717, 1.165) is 5.56 Å². The van der Waals surface area contributed by atoms with Crippen LogP contribution in [-0.4, -0.2) is 60.4 Å². The van der Waals surface area contributed by atoms with Crippen LogP contribution in [0.1, 0.15) is 25.3 Å². The molecule has 1 aromatic rings. The standard InChI is InChI=1S/C19H24AtNO7S/c1-12(23)15(7-8-18(25)27-2)21-19(26)28-17(16(24)9-22)11-29-10-13-3-5-14(20)6-4-13/h3-6,15,17,22H,7-11H2,1-2H3,(H,21,26)/t15-,17-/m0/s1/i20+1. The number of carbonyl (C=O) groups is 4. The van der Waals surface area contributed by atoms with Crippen LogP contribution in [0.3, 0.4) is 0 Å². The monoisotopic (exact) mass is 621 g/mol. The van der Waals surface area contributed by atoms with Crippen molar-refractivity contribution >= 4 is 38.7 Å². The van der Waals surface area contributed by atoms with Crippen LogP contribution in [-0.2, 0) is 29.6 Å². The summed E-state index contributed by atoms with van der Waals surface area (Å²) in [4.78, 5) is 47.0. The van der Waals surface area contributed by atoms with Crippen molar-refractivity contribution in [3.63, 3.8) is 0 Å². The zero-order valence-corrected chi connectivity index (χ0v) is 19.9. The summed E-state index contributed by atoms with van der Waals surface area (Å²) in [5, 5.41) is 11.5. The normalized spacial score (nSPS) is 12.6. The molecule has 0 unspecified atom stereocenters. The Bertz CT molecular complexity index is 711. The summed E-state index contributed by atoms with van der Waals surface area (Å²) in [7, 11) is 1.23. The summed E-state index contributed by atoms with van der Waals surface area (Å²) < 4.78 is 10.8. The van der Waals surface area contributed by atoms with Crippen molar-refractivity contribution < 1.29 is 58.5 Å². The fourth-order valence-corrected chi connectivity index (χ4v) is 3.71. The average Bonchev–Trinajstić information content (AvgIpc) is 2.70. The van der Waals surface area contributed by atoms with Crippen molar-refractivity contribution in [3.8, 4) is 0 Å². The Morgan fingerprint density at radius 2 is 1.86 bits per heavy atom. The first kappa shape index (κ1) is 25.5. The Kier molecular flexibility index (Phi) is 12.0. The van der Waals surface area contributed by atoms with Crippen molar-refractivity contribution in [3.05, 3.63) is 29.8 Å². The Morgan fingerprint density at radius 1 is 1.21 bits per heavy atom. The molecule has 0 bridgehead atoms. The van der Waals surface area contributed by atoms with Gasteiger partial charge in [-0.15, -0.1) is 0 Å². The number of aliphatic hydroxyl groups is 1. The fraction of sp³-hybridized carbons (Fsp3) is 0.474. The second-order valence-corrected chi connectivity index (χ2v) is 8.81. The number of aliphatic hydroxyl groups excluding tert-OH is 1. The first-order valence-corrected chi connectivity index (χ1v) is 11.4. The van der Waals surface area contributed by atoms with Crippen molar-refractivity contribution in [2.45, 2.75) is 37.7 Å². The summed E-state index contributed by atoms with van der Waals surface area (Å²) in [6.07, 6.45) is -2.10. The van der Waals surface area contributed by atoms with Gasteiger partial charge in [-0.25, -0.2) is 0 Å². The predicted octanol–water partition coefficient (Wildman–Crippen LogP) is 0.661. The molecule has 2 atom stereocenters. The van der Waals surface area contributed by atoms with E-state index in [9.17, 15) is 19.2 Å². The average molecular weight is 621 g/mol. The van der Waals surface area contributed by atoms with Gasteiger partial charge in [0.2, 0.25) is 0 Å².